The van der Waals surface area contributed by atoms with Crippen molar-refractivity contribution in [3.63, 3.8) is 0 Å². The lowest BCUT2D eigenvalue weighted by atomic mass is 9.82. The van der Waals surface area contributed by atoms with Crippen molar-refractivity contribution in [1.29, 1.82) is 0 Å². The summed E-state index contributed by atoms with van der Waals surface area (Å²) < 4.78 is 6.39. The fourth-order valence-corrected chi connectivity index (χ4v) is 2.92. The van der Waals surface area contributed by atoms with Gasteiger partial charge in [0.05, 0.1) is 7.11 Å². The zero-order valence-corrected chi connectivity index (χ0v) is 14.5. The SMILES string of the molecule is COc1ccc(Br)c(CNC(C)(C)CC(C)(C)C)c1. The van der Waals surface area contributed by atoms with Crippen LogP contribution in [0.3, 0.4) is 0 Å². The van der Waals surface area contributed by atoms with Gasteiger partial charge in [-0.3, -0.25) is 0 Å². The van der Waals surface area contributed by atoms with Crippen LogP contribution < -0.4 is 10.1 Å². The Morgan fingerprint density at radius 2 is 1.79 bits per heavy atom. The molecular weight excluding hydrogens is 302 g/mol. The van der Waals surface area contributed by atoms with Gasteiger partial charge in [-0.05, 0) is 49.4 Å². The summed E-state index contributed by atoms with van der Waals surface area (Å²) >= 11 is 3.59. The van der Waals surface area contributed by atoms with Gasteiger partial charge < -0.3 is 10.1 Å². The third-order valence-corrected chi connectivity index (χ3v) is 3.76. The lowest BCUT2D eigenvalue weighted by molar-refractivity contribution is 0.240. The van der Waals surface area contributed by atoms with Gasteiger partial charge in [-0.25, -0.2) is 0 Å². The highest BCUT2D eigenvalue weighted by atomic mass is 79.9. The predicted octanol–water partition coefficient (Wildman–Crippen LogP) is 4.76. The highest BCUT2D eigenvalue weighted by Gasteiger charge is 2.24. The Balaban J connectivity index is 2.70. The average molecular weight is 328 g/mol. The monoisotopic (exact) mass is 327 g/mol. The average Bonchev–Trinajstić information content (AvgIpc) is 2.25. The molecular formula is C16H26BrNO. The first-order chi connectivity index (χ1) is 8.63. The summed E-state index contributed by atoms with van der Waals surface area (Å²) in [4.78, 5) is 0. The van der Waals surface area contributed by atoms with E-state index in [0.717, 1.165) is 23.2 Å². The summed E-state index contributed by atoms with van der Waals surface area (Å²) in [5.41, 5.74) is 1.66. The van der Waals surface area contributed by atoms with Gasteiger partial charge in [0.1, 0.15) is 5.75 Å². The highest BCUT2D eigenvalue weighted by molar-refractivity contribution is 9.10. The van der Waals surface area contributed by atoms with Crippen LogP contribution in [0.25, 0.3) is 0 Å². The maximum Gasteiger partial charge on any atom is 0.119 e. The Hall–Kier alpha value is -0.540. The second kappa shape index (κ2) is 6.27. The van der Waals surface area contributed by atoms with Crippen molar-refractivity contribution in [3.05, 3.63) is 28.2 Å². The normalized spacial score (nSPS) is 12.6. The van der Waals surface area contributed by atoms with Gasteiger partial charge in [0.2, 0.25) is 0 Å². The molecule has 19 heavy (non-hydrogen) atoms. The van der Waals surface area contributed by atoms with Crippen LogP contribution in [0.1, 0.15) is 46.6 Å². The Morgan fingerprint density at radius 1 is 1.16 bits per heavy atom. The smallest absolute Gasteiger partial charge is 0.119 e. The first-order valence-electron chi connectivity index (χ1n) is 6.70. The van der Waals surface area contributed by atoms with E-state index >= 15 is 0 Å². The Kier molecular flexibility index (Phi) is 5.45. The fraction of sp³-hybridized carbons (Fsp3) is 0.625. The summed E-state index contributed by atoms with van der Waals surface area (Å²) in [7, 11) is 1.70. The number of halogens is 1. The minimum Gasteiger partial charge on any atom is -0.497 e. The first-order valence-corrected chi connectivity index (χ1v) is 7.50. The maximum atomic E-state index is 5.27. The van der Waals surface area contributed by atoms with E-state index in [1.807, 2.05) is 12.1 Å². The van der Waals surface area contributed by atoms with Crippen LogP contribution in [-0.2, 0) is 6.54 Å². The first kappa shape index (κ1) is 16.5. The van der Waals surface area contributed by atoms with E-state index in [9.17, 15) is 0 Å². The quantitative estimate of drug-likeness (QED) is 0.841. The third-order valence-electron chi connectivity index (χ3n) is 2.98. The maximum absolute atomic E-state index is 5.27. The molecule has 1 aromatic rings. The molecule has 1 rings (SSSR count). The van der Waals surface area contributed by atoms with E-state index in [1.165, 1.54) is 5.56 Å². The van der Waals surface area contributed by atoms with Crippen LogP contribution in [0, 0.1) is 5.41 Å². The molecule has 0 spiro atoms. The number of hydrogen-bond donors (Lipinski definition) is 1. The molecule has 0 bridgehead atoms. The molecule has 1 N–H and O–H groups in total. The van der Waals surface area contributed by atoms with Crippen LogP contribution in [0.2, 0.25) is 0 Å². The predicted molar refractivity (Wildman–Crippen MR) is 85.7 cm³/mol. The van der Waals surface area contributed by atoms with Gasteiger partial charge in [0, 0.05) is 16.6 Å². The minimum absolute atomic E-state index is 0.112. The summed E-state index contributed by atoms with van der Waals surface area (Å²) in [5, 5.41) is 3.64. The van der Waals surface area contributed by atoms with Crippen LogP contribution in [-0.4, -0.2) is 12.6 Å². The van der Waals surface area contributed by atoms with Gasteiger partial charge >= 0.3 is 0 Å². The molecule has 0 amide bonds. The number of ether oxygens (including phenoxy) is 1. The Morgan fingerprint density at radius 3 is 2.32 bits per heavy atom. The third kappa shape index (κ3) is 5.96. The highest BCUT2D eigenvalue weighted by Crippen LogP contribution is 2.28. The summed E-state index contributed by atoms with van der Waals surface area (Å²) in [6, 6.07) is 6.07. The number of hydrogen-bond acceptors (Lipinski definition) is 2. The van der Waals surface area contributed by atoms with Crippen molar-refractivity contribution >= 4 is 15.9 Å². The van der Waals surface area contributed by atoms with E-state index in [1.54, 1.807) is 7.11 Å². The second-order valence-electron chi connectivity index (χ2n) is 6.93. The van der Waals surface area contributed by atoms with Crippen molar-refractivity contribution in [1.82, 2.24) is 5.32 Å². The topological polar surface area (TPSA) is 21.3 Å². The van der Waals surface area contributed by atoms with Gasteiger partial charge in [0.15, 0.2) is 0 Å². The zero-order valence-electron chi connectivity index (χ0n) is 12.9. The van der Waals surface area contributed by atoms with Crippen LogP contribution in [0.4, 0.5) is 0 Å². The molecule has 0 radical (unpaired) electrons. The Labute approximate surface area is 126 Å². The van der Waals surface area contributed by atoms with E-state index in [0.29, 0.717) is 5.41 Å². The molecule has 0 aliphatic rings. The van der Waals surface area contributed by atoms with Gasteiger partial charge in [-0.1, -0.05) is 36.7 Å². The molecule has 0 atom stereocenters. The van der Waals surface area contributed by atoms with Crippen LogP contribution >= 0.6 is 15.9 Å². The van der Waals surface area contributed by atoms with Crippen molar-refractivity contribution in [2.24, 2.45) is 5.41 Å². The van der Waals surface area contributed by atoms with E-state index in [-0.39, 0.29) is 5.54 Å². The number of benzene rings is 1. The number of nitrogens with one attached hydrogen (secondary N) is 1. The lowest BCUT2D eigenvalue weighted by Gasteiger charge is -2.33. The van der Waals surface area contributed by atoms with E-state index in [2.05, 4.69) is 61.9 Å². The number of methoxy groups -OCH3 is 1. The van der Waals surface area contributed by atoms with Gasteiger partial charge in [-0.2, -0.15) is 0 Å². The molecule has 0 aromatic heterocycles. The standard InChI is InChI=1S/C16H26BrNO/c1-15(2,3)11-16(4,5)18-10-12-9-13(19-6)7-8-14(12)17/h7-9,18H,10-11H2,1-6H3. The summed E-state index contributed by atoms with van der Waals surface area (Å²) in [6.45, 7) is 12.2. The molecule has 1 aromatic carbocycles. The molecule has 0 saturated heterocycles. The molecule has 0 heterocycles. The van der Waals surface area contributed by atoms with Gasteiger partial charge in [0.25, 0.3) is 0 Å². The van der Waals surface area contributed by atoms with Crippen LogP contribution in [0.5, 0.6) is 5.75 Å². The molecule has 3 heteroatoms. The molecule has 0 aliphatic heterocycles. The van der Waals surface area contributed by atoms with Crippen molar-refractivity contribution in [2.45, 2.75) is 53.1 Å². The summed E-state index contributed by atoms with van der Waals surface area (Å²) in [5.74, 6) is 0.897. The van der Waals surface area contributed by atoms with E-state index in [4.69, 9.17) is 4.74 Å². The Bertz CT molecular complexity index is 421. The molecule has 2 nitrogen and oxygen atoms in total. The van der Waals surface area contributed by atoms with Crippen molar-refractivity contribution in [3.8, 4) is 5.75 Å². The lowest BCUT2D eigenvalue weighted by Crippen LogP contribution is -2.41. The summed E-state index contributed by atoms with van der Waals surface area (Å²) in [6.07, 6.45) is 1.13. The number of rotatable bonds is 5. The largest absolute Gasteiger partial charge is 0.497 e. The molecule has 0 fully saturated rings. The fourth-order valence-electron chi connectivity index (χ4n) is 2.54. The van der Waals surface area contributed by atoms with E-state index < -0.39 is 0 Å². The van der Waals surface area contributed by atoms with Crippen molar-refractivity contribution in [2.75, 3.05) is 7.11 Å². The zero-order chi connectivity index (χ0) is 14.7. The van der Waals surface area contributed by atoms with Gasteiger partial charge in [-0.15, -0.1) is 0 Å². The van der Waals surface area contributed by atoms with Crippen LogP contribution in [0.15, 0.2) is 22.7 Å². The van der Waals surface area contributed by atoms with Crippen molar-refractivity contribution < 1.29 is 4.74 Å². The molecule has 108 valence electrons. The molecule has 0 aliphatic carbocycles. The molecule has 0 unspecified atom stereocenters. The molecule has 0 saturated carbocycles. The minimum atomic E-state index is 0.112. The second-order valence-corrected chi connectivity index (χ2v) is 7.79.